The lowest BCUT2D eigenvalue weighted by Gasteiger charge is -2.15. The third-order valence-corrected chi connectivity index (χ3v) is 2.30. The van der Waals surface area contributed by atoms with E-state index in [0.29, 0.717) is 0 Å². The Hall–Kier alpha value is -0.640. The van der Waals surface area contributed by atoms with E-state index < -0.39 is 0 Å². The van der Waals surface area contributed by atoms with Crippen LogP contribution >= 0.6 is 11.8 Å². The minimum atomic E-state index is 0.146. The number of hydrogen-bond donors (Lipinski definition) is 2. The second-order valence-corrected chi connectivity index (χ2v) is 3.59. The number of aliphatic hydroxyl groups excluding tert-OH is 1. The summed E-state index contributed by atoms with van der Waals surface area (Å²) in [5.41, 5.74) is 0.857. The van der Waals surface area contributed by atoms with Crippen molar-refractivity contribution in [1.82, 2.24) is 5.32 Å². The molecule has 3 nitrogen and oxygen atoms in total. The SMILES string of the molecule is CCSC1=NC(O)=C(CC)[CH]N1. The quantitative estimate of drug-likeness (QED) is 0.692. The van der Waals surface area contributed by atoms with Crippen LogP contribution in [0, 0.1) is 6.54 Å². The number of thioether (sulfide) groups is 1. The summed E-state index contributed by atoms with van der Waals surface area (Å²) >= 11 is 1.58. The fourth-order valence-corrected chi connectivity index (χ4v) is 1.45. The van der Waals surface area contributed by atoms with Crippen LogP contribution in [0.4, 0.5) is 0 Å². The van der Waals surface area contributed by atoms with Crippen molar-refractivity contribution in [3.05, 3.63) is 18.0 Å². The van der Waals surface area contributed by atoms with Gasteiger partial charge in [0.15, 0.2) is 5.17 Å². The number of nitrogens with zero attached hydrogens (tertiary/aromatic N) is 1. The number of nitrogens with one attached hydrogen (secondary N) is 1. The molecule has 0 saturated carbocycles. The van der Waals surface area contributed by atoms with E-state index in [1.165, 1.54) is 0 Å². The Balaban J connectivity index is 2.67. The van der Waals surface area contributed by atoms with Gasteiger partial charge in [-0.15, -0.1) is 0 Å². The van der Waals surface area contributed by atoms with Gasteiger partial charge in [-0.3, -0.25) is 0 Å². The molecule has 0 aromatic heterocycles. The van der Waals surface area contributed by atoms with Crippen molar-refractivity contribution < 1.29 is 5.11 Å². The molecule has 0 amide bonds. The summed E-state index contributed by atoms with van der Waals surface area (Å²) in [7, 11) is 0. The summed E-state index contributed by atoms with van der Waals surface area (Å²) in [6, 6.07) is 0. The number of aliphatic hydroxyl groups is 1. The monoisotopic (exact) mass is 185 g/mol. The molecule has 0 unspecified atom stereocenters. The first kappa shape index (κ1) is 9.45. The van der Waals surface area contributed by atoms with Crippen molar-refractivity contribution >= 4 is 16.9 Å². The summed E-state index contributed by atoms with van der Waals surface area (Å²) in [6.45, 7) is 5.84. The first-order valence-corrected chi connectivity index (χ1v) is 4.99. The predicted molar refractivity (Wildman–Crippen MR) is 52.9 cm³/mol. The highest BCUT2D eigenvalue weighted by molar-refractivity contribution is 8.13. The van der Waals surface area contributed by atoms with Gasteiger partial charge < -0.3 is 10.4 Å². The van der Waals surface area contributed by atoms with E-state index in [1.54, 1.807) is 18.3 Å². The van der Waals surface area contributed by atoms with Gasteiger partial charge in [0.2, 0.25) is 5.88 Å². The Morgan fingerprint density at radius 3 is 2.83 bits per heavy atom. The van der Waals surface area contributed by atoms with Crippen LogP contribution in [0.25, 0.3) is 0 Å². The first-order chi connectivity index (χ1) is 5.77. The average Bonchev–Trinajstić information content (AvgIpc) is 2.05. The topological polar surface area (TPSA) is 44.6 Å². The van der Waals surface area contributed by atoms with Gasteiger partial charge in [0, 0.05) is 5.57 Å². The van der Waals surface area contributed by atoms with E-state index in [1.807, 2.05) is 13.8 Å². The molecule has 0 aromatic carbocycles. The van der Waals surface area contributed by atoms with E-state index in [-0.39, 0.29) is 5.88 Å². The second kappa shape index (κ2) is 4.40. The van der Waals surface area contributed by atoms with Crippen LogP contribution in [0.15, 0.2) is 16.4 Å². The fourth-order valence-electron chi connectivity index (χ4n) is 0.885. The van der Waals surface area contributed by atoms with Gasteiger partial charge in [0.05, 0.1) is 6.54 Å². The molecule has 1 radical (unpaired) electrons. The maximum absolute atomic E-state index is 9.37. The number of aliphatic imine (C=N–C) groups is 1. The molecule has 1 aliphatic heterocycles. The zero-order valence-corrected chi connectivity index (χ0v) is 8.11. The second-order valence-electron chi connectivity index (χ2n) is 2.34. The van der Waals surface area contributed by atoms with E-state index in [0.717, 1.165) is 22.9 Å². The Morgan fingerprint density at radius 1 is 1.58 bits per heavy atom. The highest BCUT2D eigenvalue weighted by Crippen LogP contribution is 2.17. The van der Waals surface area contributed by atoms with Crippen molar-refractivity contribution in [2.45, 2.75) is 20.3 Å². The summed E-state index contributed by atoms with van der Waals surface area (Å²) in [5.74, 6) is 1.10. The van der Waals surface area contributed by atoms with E-state index >= 15 is 0 Å². The van der Waals surface area contributed by atoms with Crippen molar-refractivity contribution in [3.63, 3.8) is 0 Å². The lowest BCUT2D eigenvalue weighted by atomic mass is 10.2. The van der Waals surface area contributed by atoms with E-state index in [4.69, 9.17) is 0 Å². The third kappa shape index (κ3) is 2.17. The molecule has 1 aliphatic rings. The minimum Gasteiger partial charge on any atom is -0.493 e. The van der Waals surface area contributed by atoms with Crippen LogP contribution in [-0.2, 0) is 0 Å². The Kier molecular flexibility index (Phi) is 3.47. The van der Waals surface area contributed by atoms with Gasteiger partial charge in [-0.25, -0.2) is 0 Å². The van der Waals surface area contributed by atoms with Gasteiger partial charge in [-0.2, -0.15) is 4.99 Å². The maximum atomic E-state index is 9.37. The zero-order chi connectivity index (χ0) is 8.97. The van der Waals surface area contributed by atoms with Gasteiger partial charge in [0.1, 0.15) is 0 Å². The lowest BCUT2D eigenvalue weighted by molar-refractivity contribution is 0.395. The fraction of sp³-hybridized carbons (Fsp3) is 0.500. The summed E-state index contributed by atoms with van der Waals surface area (Å²) in [6.07, 6.45) is 0.798. The minimum absolute atomic E-state index is 0.146. The number of hydrogen-bond acceptors (Lipinski definition) is 4. The van der Waals surface area contributed by atoms with Crippen LogP contribution in [-0.4, -0.2) is 16.0 Å². The molecular formula is C8H13N2OS. The molecule has 1 rings (SSSR count). The van der Waals surface area contributed by atoms with Crippen LogP contribution in [0.2, 0.25) is 0 Å². The first-order valence-electron chi connectivity index (χ1n) is 4.01. The van der Waals surface area contributed by atoms with Crippen molar-refractivity contribution in [2.75, 3.05) is 5.75 Å². The molecule has 0 fully saturated rings. The molecule has 0 aliphatic carbocycles. The molecule has 0 saturated heterocycles. The van der Waals surface area contributed by atoms with Crippen LogP contribution < -0.4 is 5.32 Å². The number of amidine groups is 1. The predicted octanol–water partition coefficient (Wildman–Crippen LogP) is 2.04. The van der Waals surface area contributed by atoms with E-state index in [2.05, 4.69) is 10.3 Å². The summed E-state index contributed by atoms with van der Waals surface area (Å²) in [5, 5.41) is 13.2. The van der Waals surface area contributed by atoms with Crippen molar-refractivity contribution in [3.8, 4) is 0 Å². The molecule has 0 aromatic rings. The standard InChI is InChI=1S/C8H13N2OS/c1-3-6-5-9-8(12-4-2)10-7(6)11/h5,11H,3-4H2,1-2H3,(H,9,10). The third-order valence-electron chi connectivity index (χ3n) is 1.53. The van der Waals surface area contributed by atoms with Crippen LogP contribution in [0.3, 0.4) is 0 Å². The average molecular weight is 185 g/mol. The highest BCUT2D eigenvalue weighted by Gasteiger charge is 2.11. The van der Waals surface area contributed by atoms with Gasteiger partial charge in [-0.1, -0.05) is 25.6 Å². The molecule has 67 valence electrons. The summed E-state index contributed by atoms with van der Waals surface area (Å²) in [4.78, 5) is 4.00. The van der Waals surface area contributed by atoms with E-state index in [9.17, 15) is 5.11 Å². The molecule has 0 atom stereocenters. The highest BCUT2D eigenvalue weighted by atomic mass is 32.2. The Labute approximate surface area is 77.0 Å². The molecule has 2 N–H and O–H groups in total. The molecule has 12 heavy (non-hydrogen) atoms. The van der Waals surface area contributed by atoms with Crippen molar-refractivity contribution in [2.24, 2.45) is 4.99 Å². The molecule has 0 bridgehead atoms. The normalized spacial score (nSPS) is 17.3. The van der Waals surface area contributed by atoms with Gasteiger partial charge in [0.25, 0.3) is 0 Å². The van der Waals surface area contributed by atoms with Crippen LogP contribution in [0.1, 0.15) is 20.3 Å². The van der Waals surface area contributed by atoms with Crippen LogP contribution in [0.5, 0.6) is 0 Å². The molecule has 0 spiro atoms. The lowest BCUT2D eigenvalue weighted by Crippen LogP contribution is -2.23. The summed E-state index contributed by atoms with van der Waals surface area (Å²) < 4.78 is 0. The largest absolute Gasteiger partial charge is 0.493 e. The Bertz CT molecular complexity index is 223. The maximum Gasteiger partial charge on any atom is 0.214 e. The zero-order valence-electron chi connectivity index (χ0n) is 7.29. The smallest absolute Gasteiger partial charge is 0.214 e. The van der Waals surface area contributed by atoms with Crippen molar-refractivity contribution in [1.29, 1.82) is 0 Å². The number of rotatable bonds is 2. The molecule has 4 heteroatoms. The van der Waals surface area contributed by atoms with Gasteiger partial charge in [-0.05, 0) is 12.2 Å². The molecule has 1 heterocycles. The molecular weight excluding hydrogens is 172 g/mol. The Morgan fingerprint density at radius 2 is 2.33 bits per heavy atom. The van der Waals surface area contributed by atoms with Gasteiger partial charge >= 0.3 is 0 Å².